The fourth-order valence-electron chi connectivity index (χ4n) is 3.54. The van der Waals surface area contributed by atoms with E-state index in [4.69, 9.17) is 5.73 Å². The maximum atomic E-state index is 12.7. The van der Waals surface area contributed by atoms with Crippen LogP contribution in [0.5, 0.6) is 0 Å². The van der Waals surface area contributed by atoms with E-state index < -0.39 is 10.0 Å². The van der Waals surface area contributed by atoms with Gasteiger partial charge in [0.05, 0.1) is 6.54 Å². The number of nitrogens with two attached hydrogens (primary N) is 1. The van der Waals surface area contributed by atoms with Crippen LogP contribution in [0.4, 0.5) is 0 Å². The number of amides is 1. The Balaban J connectivity index is 0.00000243. The average molecular weight is 401 g/mol. The molecule has 1 fully saturated rings. The molecular weight excluding hydrogens is 376 g/mol. The predicted octanol–water partition coefficient (Wildman–Crippen LogP) is 1.07. The summed E-state index contributed by atoms with van der Waals surface area (Å²) in [5.41, 5.74) is 6.38. The first-order chi connectivity index (χ1) is 11.8. The maximum absolute atomic E-state index is 12.7. The summed E-state index contributed by atoms with van der Waals surface area (Å²) in [6, 6.07) is 6.73. The number of nitrogens with zero attached hydrogens (tertiary/aromatic N) is 3. The smallest absolute Gasteiger partial charge is 0.285 e. The molecule has 2 N–H and O–H groups in total. The lowest BCUT2D eigenvalue weighted by atomic mass is 9.92. The summed E-state index contributed by atoms with van der Waals surface area (Å²) in [4.78, 5) is 16.4. The molecule has 144 valence electrons. The van der Waals surface area contributed by atoms with Crippen molar-refractivity contribution >= 4 is 34.2 Å². The summed E-state index contributed by atoms with van der Waals surface area (Å²) in [5.74, 6) is 0.833. The van der Waals surface area contributed by atoms with Crippen LogP contribution in [-0.2, 0) is 14.8 Å². The van der Waals surface area contributed by atoms with Crippen LogP contribution in [0.15, 0.2) is 33.6 Å². The largest absolute Gasteiger partial charge is 0.349 e. The van der Waals surface area contributed by atoms with Gasteiger partial charge in [0.1, 0.15) is 4.90 Å². The first-order valence-corrected chi connectivity index (χ1v) is 9.92. The highest BCUT2D eigenvalue weighted by Gasteiger charge is 2.33. The van der Waals surface area contributed by atoms with Crippen LogP contribution < -0.4 is 5.73 Å². The van der Waals surface area contributed by atoms with Gasteiger partial charge in [-0.15, -0.1) is 16.8 Å². The maximum Gasteiger partial charge on any atom is 0.285 e. The molecule has 2 aliphatic heterocycles. The van der Waals surface area contributed by atoms with Gasteiger partial charge in [-0.2, -0.15) is 8.42 Å². The van der Waals surface area contributed by atoms with E-state index in [0.717, 1.165) is 12.8 Å². The molecule has 0 aliphatic carbocycles. The van der Waals surface area contributed by atoms with Crippen molar-refractivity contribution in [3.63, 3.8) is 0 Å². The number of fused-ring (bicyclic) bond motifs is 1. The van der Waals surface area contributed by atoms with Crippen molar-refractivity contribution in [1.82, 2.24) is 9.80 Å². The number of hydrogen-bond acceptors (Lipinski definition) is 5. The number of carbonyl (C=O) groups is 1. The highest BCUT2D eigenvalue weighted by atomic mass is 35.5. The van der Waals surface area contributed by atoms with Crippen LogP contribution in [0, 0.1) is 5.92 Å². The number of rotatable bonds is 3. The summed E-state index contributed by atoms with van der Waals surface area (Å²) < 4.78 is 28.2. The molecule has 2 aliphatic rings. The molecular formula is C17H25ClN4O3S. The molecule has 3 rings (SSSR count). The van der Waals surface area contributed by atoms with E-state index in [-0.39, 0.29) is 35.8 Å². The molecule has 0 spiro atoms. The summed E-state index contributed by atoms with van der Waals surface area (Å²) >= 11 is 0. The lowest BCUT2D eigenvalue weighted by Gasteiger charge is -2.38. The van der Waals surface area contributed by atoms with E-state index >= 15 is 0 Å². The molecule has 9 heteroatoms. The van der Waals surface area contributed by atoms with Gasteiger partial charge in [-0.1, -0.05) is 19.1 Å². The Morgan fingerprint density at radius 1 is 1.38 bits per heavy atom. The molecule has 1 aromatic rings. The van der Waals surface area contributed by atoms with Gasteiger partial charge < -0.3 is 15.5 Å². The Labute approximate surface area is 160 Å². The van der Waals surface area contributed by atoms with Crippen molar-refractivity contribution in [2.75, 3.05) is 26.7 Å². The zero-order valence-corrected chi connectivity index (χ0v) is 16.6. The zero-order valence-electron chi connectivity index (χ0n) is 15.0. The second-order valence-electron chi connectivity index (χ2n) is 6.85. The minimum atomic E-state index is -3.68. The van der Waals surface area contributed by atoms with Crippen LogP contribution >= 0.6 is 12.4 Å². The van der Waals surface area contributed by atoms with Crippen molar-refractivity contribution < 1.29 is 13.2 Å². The van der Waals surface area contributed by atoms with Crippen LogP contribution in [0.25, 0.3) is 0 Å². The van der Waals surface area contributed by atoms with Gasteiger partial charge in [0.2, 0.25) is 5.91 Å². The van der Waals surface area contributed by atoms with E-state index in [1.54, 1.807) is 30.1 Å². The Morgan fingerprint density at radius 3 is 2.77 bits per heavy atom. The van der Waals surface area contributed by atoms with Crippen LogP contribution in [0.1, 0.15) is 25.3 Å². The van der Waals surface area contributed by atoms with Crippen LogP contribution in [0.2, 0.25) is 0 Å². The van der Waals surface area contributed by atoms with Gasteiger partial charge in [0, 0.05) is 31.7 Å². The highest BCUT2D eigenvalue weighted by molar-refractivity contribution is 7.90. The third kappa shape index (κ3) is 3.87. The second-order valence-corrected chi connectivity index (χ2v) is 8.42. The first-order valence-electron chi connectivity index (χ1n) is 8.48. The topological polar surface area (TPSA) is 96.1 Å². The number of carbonyl (C=O) groups excluding carboxylic acids is 1. The molecule has 26 heavy (non-hydrogen) atoms. The van der Waals surface area contributed by atoms with Gasteiger partial charge >= 0.3 is 0 Å². The summed E-state index contributed by atoms with van der Waals surface area (Å²) in [6.45, 7) is 3.38. The average Bonchev–Trinajstić information content (AvgIpc) is 2.86. The summed E-state index contributed by atoms with van der Waals surface area (Å²) in [5, 5.41) is 0. The first kappa shape index (κ1) is 20.7. The van der Waals surface area contributed by atoms with E-state index in [1.165, 1.54) is 6.07 Å². The Kier molecular flexibility index (Phi) is 6.31. The Hall–Kier alpha value is -1.64. The molecule has 1 aromatic carbocycles. The molecule has 0 saturated carbocycles. The number of hydrogen-bond donors (Lipinski definition) is 1. The fraction of sp³-hybridized carbons (Fsp3) is 0.529. The number of sulfonamides is 1. The van der Waals surface area contributed by atoms with Gasteiger partial charge in [-0.05, 0) is 30.9 Å². The molecule has 0 bridgehead atoms. The van der Waals surface area contributed by atoms with Crippen LogP contribution in [-0.4, -0.2) is 62.7 Å². The number of benzene rings is 1. The minimum Gasteiger partial charge on any atom is -0.349 e. The molecule has 2 heterocycles. The van der Waals surface area contributed by atoms with Crippen molar-refractivity contribution in [2.24, 2.45) is 16.0 Å². The number of likely N-dealkylation sites (N-methyl/N-ethyl adjacent to an activating group) is 1. The van der Waals surface area contributed by atoms with Crippen molar-refractivity contribution in [1.29, 1.82) is 0 Å². The van der Waals surface area contributed by atoms with Gasteiger partial charge in [0.25, 0.3) is 10.0 Å². The Morgan fingerprint density at radius 2 is 2.08 bits per heavy atom. The van der Waals surface area contributed by atoms with Crippen LogP contribution in [0.3, 0.4) is 0 Å². The standard InChI is InChI=1S/C17H24N4O3S.ClH/c1-12-7-8-21(13(9-12)10-18)16(22)11-20(2)17-14-5-3-4-6-15(14)25(23,24)19-17;/h3-6,12-13H,7-11,18H2,1-2H3;1H. The lowest BCUT2D eigenvalue weighted by Crippen LogP contribution is -2.52. The van der Waals surface area contributed by atoms with Gasteiger partial charge in [0.15, 0.2) is 5.84 Å². The number of amidine groups is 1. The fourth-order valence-corrected chi connectivity index (χ4v) is 4.79. The quantitative estimate of drug-likeness (QED) is 0.818. The third-order valence-electron chi connectivity index (χ3n) is 4.92. The van der Waals surface area contributed by atoms with Crippen molar-refractivity contribution in [3.8, 4) is 0 Å². The van der Waals surface area contributed by atoms with E-state index in [9.17, 15) is 13.2 Å². The van der Waals surface area contributed by atoms with E-state index in [2.05, 4.69) is 11.3 Å². The predicted molar refractivity (Wildman–Crippen MR) is 103 cm³/mol. The van der Waals surface area contributed by atoms with Crippen molar-refractivity contribution in [2.45, 2.75) is 30.7 Å². The normalized spacial score (nSPS) is 23.7. The summed E-state index contributed by atoms with van der Waals surface area (Å²) in [6.07, 6.45) is 1.87. The molecule has 1 amide bonds. The van der Waals surface area contributed by atoms with E-state index in [1.807, 2.05) is 4.90 Å². The minimum absolute atomic E-state index is 0. The molecule has 2 unspecified atom stereocenters. The Bertz CT molecular complexity index is 812. The molecule has 0 radical (unpaired) electrons. The SMILES string of the molecule is CC1CCN(C(=O)CN(C)C2=NS(=O)(=O)c3ccccc32)C(CN)C1.Cl. The second kappa shape index (κ2) is 7.94. The van der Waals surface area contributed by atoms with Gasteiger partial charge in [-0.3, -0.25) is 4.79 Å². The number of likely N-dealkylation sites (tertiary alicyclic amines) is 1. The molecule has 0 aromatic heterocycles. The third-order valence-corrected chi connectivity index (χ3v) is 6.24. The molecule has 2 atom stereocenters. The number of piperidine rings is 1. The van der Waals surface area contributed by atoms with E-state index in [0.29, 0.717) is 30.4 Å². The zero-order chi connectivity index (χ0) is 18.2. The van der Waals surface area contributed by atoms with Gasteiger partial charge in [-0.25, -0.2) is 0 Å². The highest BCUT2D eigenvalue weighted by Crippen LogP contribution is 2.27. The van der Waals surface area contributed by atoms with Crippen molar-refractivity contribution in [3.05, 3.63) is 29.8 Å². The molecule has 1 saturated heterocycles. The summed E-state index contributed by atoms with van der Waals surface area (Å²) in [7, 11) is -1.99. The number of halogens is 1. The lowest BCUT2D eigenvalue weighted by molar-refractivity contribution is -0.135. The monoisotopic (exact) mass is 400 g/mol. The molecule has 7 nitrogen and oxygen atoms in total.